The molecule has 0 nitrogen and oxygen atoms in total. The molecule has 7 aromatic rings. The Morgan fingerprint density at radius 1 is 0.233 bits per heavy atom. The molecular weight excluding hydrogens is 360 g/mol. The summed E-state index contributed by atoms with van der Waals surface area (Å²) in [7, 11) is 0. The lowest BCUT2D eigenvalue weighted by atomic mass is 9.92. The van der Waals surface area contributed by atoms with E-state index in [1.165, 1.54) is 64.6 Å². The van der Waals surface area contributed by atoms with Gasteiger partial charge in [-0.1, -0.05) is 97.1 Å². The van der Waals surface area contributed by atoms with Crippen LogP contribution in [-0.2, 0) is 0 Å². The van der Waals surface area contributed by atoms with Crippen molar-refractivity contribution in [2.24, 2.45) is 0 Å². The zero-order valence-corrected chi connectivity index (χ0v) is 16.4. The van der Waals surface area contributed by atoms with Gasteiger partial charge in [-0.25, -0.2) is 0 Å². The highest BCUT2D eigenvalue weighted by Gasteiger charge is 2.09. The van der Waals surface area contributed by atoms with Crippen LogP contribution in [0.3, 0.4) is 0 Å². The Morgan fingerprint density at radius 2 is 0.600 bits per heavy atom. The van der Waals surface area contributed by atoms with Gasteiger partial charge in [0, 0.05) is 0 Å². The van der Waals surface area contributed by atoms with E-state index in [0.717, 1.165) is 0 Å². The molecule has 138 valence electrons. The van der Waals surface area contributed by atoms with Gasteiger partial charge in [-0.05, 0) is 76.8 Å². The lowest BCUT2D eigenvalue weighted by Gasteiger charge is -2.11. The molecule has 0 aliphatic heterocycles. The molecular formula is C30H18. The second-order valence-corrected chi connectivity index (χ2v) is 8.19. The smallest absolute Gasteiger partial charge is 0.00987 e. The van der Waals surface area contributed by atoms with Gasteiger partial charge in [-0.15, -0.1) is 0 Å². The van der Waals surface area contributed by atoms with Crippen molar-refractivity contribution >= 4 is 64.6 Å². The fourth-order valence-corrected chi connectivity index (χ4v) is 5.14. The minimum absolute atomic E-state index is 1.29. The third-order valence-electron chi connectivity index (χ3n) is 6.60. The quantitative estimate of drug-likeness (QED) is 0.183. The summed E-state index contributed by atoms with van der Waals surface area (Å²) in [5.74, 6) is 0. The zero-order chi connectivity index (χ0) is 19.7. The van der Waals surface area contributed by atoms with Crippen LogP contribution in [-0.4, -0.2) is 0 Å². The van der Waals surface area contributed by atoms with Gasteiger partial charge in [0.25, 0.3) is 0 Å². The van der Waals surface area contributed by atoms with Crippen molar-refractivity contribution in [2.75, 3.05) is 0 Å². The van der Waals surface area contributed by atoms with Crippen molar-refractivity contribution in [1.82, 2.24) is 0 Å². The van der Waals surface area contributed by atoms with Crippen LogP contribution in [0.2, 0.25) is 0 Å². The van der Waals surface area contributed by atoms with Crippen molar-refractivity contribution in [3.63, 3.8) is 0 Å². The Kier molecular flexibility index (Phi) is 3.09. The van der Waals surface area contributed by atoms with Crippen LogP contribution in [0.4, 0.5) is 0 Å². The van der Waals surface area contributed by atoms with Gasteiger partial charge in [0.1, 0.15) is 0 Å². The molecule has 7 aromatic carbocycles. The minimum Gasteiger partial charge on any atom is -0.0616 e. The predicted octanol–water partition coefficient (Wildman–Crippen LogP) is 8.61. The van der Waals surface area contributed by atoms with Crippen molar-refractivity contribution < 1.29 is 0 Å². The van der Waals surface area contributed by atoms with Gasteiger partial charge < -0.3 is 0 Å². The van der Waals surface area contributed by atoms with E-state index in [0.29, 0.717) is 0 Å². The Balaban J connectivity index is 1.63. The summed E-state index contributed by atoms with van der Waals surface area (Å²) < 4.78 is 0. The maximum atomic E-state index is 2.37. The Hall–Kier alpha value is -3.90. The second kappa shape index (κ2) is 5.81. The van der Waals surface area contributed by atoms with E-state index < -0.39 is 0 Å². The van der Waals surface area contributed by atoms with Crippen LogP contribution in [0, 0.1) is 0 Å². The summed E-state index contributed by atoms with van der Waals surface area (Å²) in [6.45, 7) is 0. The molecule has 0 aliphatic carbocycles. The lowest BCUT2D eigenvalue weighted by molar-refractivity contribution is 1.78. The standard InChI is InChI=1S/C30H18/c1-3-7-23-19(5-1)9-13-27-25(23)15-11-21-18-30-22(17-29(21)27)12-16-26-24-8-4-2-6-20(24)10-14-28(26)30/h1-18H. The number of rotatable bonds is 0. The summed E-state index contributed by atoms with van der Waals surface area (Å²) in [6, 6.07) is 40.2. The van der Waals surface area contributed by atoms with Crippen LogP contribution in [0.5, 0.6) is 0 Å². The zero-order valence-electron chi connectivity index (χ0n) is 16.4. The molecule has 0 spiro atoms. The summed E-state index contributed by atoms with van der Waals surface area (Å²) in [5, 5.41) is 15.8. The van der Waals surface area contributed by atoms with Gasteiger partial charge in [0.15, 0.2) is 0 Å². The Labute approximate surface area is 174 Å². The SMILES string of the molecule is c1ccc2c(c1)ccc1c3cc4ccc5c6ccccc6ccc5c4cc3ccc21. The van der Waals surface area contributed by atoms with E-state index in [4.69, 9.17) is 0 Å². The second-order valence-electron chi connectivity index (χ2n) is 8.19. The highest BCUT2D eigenvalue weighted by atomic mass is 14.1. The summed E-state index contributed by atoms with van der Waals surface area (Å²) in [5.41, 5.74) is 0. The van der Waals surface area contributed by atoms with Crippen LogP contribution in [0.15, 0.2) is 109 Å². The maximum Gasteiger partial charge on any atom is -0.00987 e. The van der Waals surface area contributed by atoms with Gasteiger partial charge in [-0.3, -0.25) is 0 Å². The molecule has 7 rings (SSSR count). The summed E-state index contributed by atoms with van der Waals surface area (Å²) >= 11 is 0. The number of hydrogen-bond donors (Lipinski definition) is 0. The van der Waals surface area contributed by atoms with E-state index in [-0.39, 0.29) is 0 Å². The molecule has 0 unspecified atom stereocenters. The summed E-state index contributed by atoms with van der Waals surface area (Å²) in [6.07, 6.45) is 0. The molecule has 0 aliphatic rings. The predicted molar refractivity (Wildman–Crippen MR) is 131 cm³/mol. The van der Waals surface area contributed by atoms with E-state index >= 15 is 0 Å². The molecule has 0 saturated carbocycles. The molecule has 0 heterocycles. The monoisotopic (exact) mass is 378 g/mol. The Morgan fingerprint density at radius 3 is 1.07 bits per heavy atom. The average molecular weight is 378 g/mol. The van der Waals surface area contributed by atoms with Crippen molar-refractivity contribution in [2.45, 2.75) is 0 Å². The molecule has 0 atom stereocenters. The number of benzene rings is 7. The average Bonchev–Trinajstić information content (AvgIpc) is 2.82. The lowest BCUT2D eigenvalue weighted by Crippen LogP contribution is -1.84. The fraction of sp³-hybridized carbons (Fsp3) is 0. The molecule has 0 heteroatoms. The molecule has 30 heavy (non-hydrogen) atoms. The van der Waals surface area contributed by atoms with Crippen LogP contribution in [0.25, 0.3) is 64.6 Å². The van der Waals surface area contributed by atoms with Gasteiger partial charge in [0.2, 0.25) is 0 Å². The minimum atomic E-state index is 1.29. The first-order chi connectivity index (χ1) is 14.9. The van der Waals surface area contributed by atoms with Gasteiger partial charge in [0.05, 0.1) is 0 Å². The van der Waals surface area contributed by atoms with E-state index in [1.807, 2.05) is 0 Å². The summed E-state index contributed by atoms with van der Waals surface area (Å²) in [4.78, 5) is 0. The van der Waals surface area contributed by atoms with Crippen molar-refractivity contribution in [3.8, 4) is 0 Å². The highest BCUT2D eigenvalue weighted by molar-refractivity contribution is 6.23. The molecule has 0 amide bonds. The maximum absolute atomic E-state index is 2.37. The molecule has 0 radical (unpaired) electrons. The van der Waals surface area contributed by atoms with Crippen LogP contribution >= 0.6 is 0 Å². The van der Waals surface area contributed by atoms with Crippen LogP contribution < -0.4 is 0 Å². The normalized spacial score (nSPS) is 12.0. The topological polar surface area (TPSA) is 0 Å². The van der Waals surface area contributed by atoms with Crippen molar-refractivity contribution in [3.05, 3.63) is 109 Å². The number of fused-ring (bicyclic) bond motifs is 10. The van der Waals surface area contributed by atoms with Crippen molar-refractivity contribution in [1.29, 1.82) is 0 Å². The Bertz CT molecular complexity index is 1650. The number of hydrogen-bond acceptors (Lipinski definition) is 0. The first kappa shape index (κ1) is 16.0. The van der Waals surface area contributed by atoms with Gasteiger partial charge >= 0.3 is 0 Å². The third-order valence-corrected chi connectivity index (χ3v) is 6.60. The van der Waals surface area contributed by atoms with E-state index in [9.17, 15) is 0 Å². The molecule has 0 N–H and O–H groups in total. The molecule has 0 bridgehead atoms. The highest BCUT2D eigenvalue weighted by Crippen LogP contribution is 2.37. The molecule has 0 fully saturated rings. The fourth-order valence-electron chi connectivity index (χ4n) is 5.14. The van der Waals surface area contributed by atoms with E-state index in [2.05, 4.69) is 109 Å². The van der Waals surface area contributed by atoms with E-state index in [1.54, 1.807) is 0 Å². The first-order valence-corrected chi connectivity index (χ1v) is 10.5. The molecule has 0 saturated heterocycles. The third kappa shape index (κ3) is 2.11. The van der Waals surface area contributed by atoms with Crippen LogP contribution in [0.1, 0.15) is 0 Å². The molecule has 0 aromatic heterocycles. The largest absolute Gasteiger partial charge is 0.0616 e. The first-order valence-electron chi connectivity index (χ1n) is 10.5. The van der Waals surface area contributed by atoms with Gasteiger partial charge in [-0.2, -0.15) is 0 Å².